The van der Waals surface area contributed by atoms with Crippen molar-refractivity contribution in [2.24, 2.45) is 0 Å². The molecule has 184 valence electrons. The maximum Gasteiger partial charge on any atom is 0.280 e. The molecule has 11 nitrogen and oxygen atoms in total. The van der Waals surface area contributed by atoms with Crippen molar-refractivity contribution in [3.63, 3.8) is 0 Å². The lowest BCUT2D eigenvalue weighted by atomic mass is 9.93. The number of H-pyrrole nitrogens is 1. The van der Waals surface area contributed by atoms with Crippen LogP contribution in [0, 0.1) is 20.2 Å². The van der Waals surface area contributed by atoms with Gasteiger partial charge in [0.1, 0.15) is 13.2 Å². The molecule has 1 aliphatic rings. The summed E-state index contributed by atoms with van der Waals surface area (Å²) in [5.74, 6) is -0.220. The third-order valence-corrected chi connectivity index (χ3v) is 5.82. The summed E-state index contributed by atoms with van der Waals surface area (Å²) in [6, 6.07) is 15.1. The van der Waals surface area contributed by atoms with Gasteiger partial charge in [-0.2, -0.15) is 0 Å². The summed E-state index contributed by atoms with van der Waals surface area (Å²) in [5.41, 5.74) is -0.357. The number of aromatic nitrogens is 1. The van der Waals surface area contributed by atoms with Crippen LogP contribution in [0.2, 0.25) is 0 Å². The number of benzene rings is 3. The van der Waals surface area contributed by atoms with Crippen molar-refractivity contribution in [2.75, 3.05) is 13.2 Å². The van der Waals surface area contributed by atoms with Crippen LogP contribution in [0.3, 0.4) is 0 Å². The first-order valence-corrected chi connectivity index (χ1v) is 11.0. The second-order valence-corrected chi connectivity index (χ2v) is 8.07. The highest BCUT2D eigenvalue weighted by molar-refractivity contribution is 6.15. The SMILES string of the molecule is O=C(C=Cc1cc2c(cc1[N+](=O)[O-])OCCO2)c1c(-c2ccccc2)c2cc([N+](=O)[O-])ccc2[nH]c1=O. The minimum absolute atomic E-state index is 0.0803. The Balaban J connectivity index is 1.67. The maximum atomic E-state index is 13.4. The van der Waals surface area contributed by atoms with E-state index in [1.807, 2.05) is 0 Å². The zero-order valence-electron chi connectivity index (χ0n) is 19.0. The number of hydrogen-bond acceptors (Lipinski definition) is 8. The van der Waals surface area contributed by atoms with Gasteiger partial charge in [-0.15, -0.1) is 0 Å². The van der Waals surface area contributed by atoms with Crippen LogP contribution in [0.25, 0.3) is 28.1 Å². The van der Waals surface area contributed by atoms with E-state index in [9.17, 15) is 29.8 Å². The minimum Gasteiger partial charge on any atom is -0.486 e. The van der Waals surface area contributed by atoms with Crippen LogP contribution in [0.15, 0.2) is 71.5 Å². The molecule has 0 unspecified atom stereocenters. The number of ketones is 1. The van der Waals surface area contributed by atoms with Gasteiger partial charge < -0.3 is 14.5 Å². The molecule has 2 heterocycles. The van der Waals surface area contributed by atoms with Crippen molar-refractivity contribution in [3.8, 4) is 22.6 Å². The minimum atomic E-state index is -0.738. The second-order valence-electron chi connectivity index (χ2n) is 8.07. The first-order valence-electron chi connectivity index (χ1n) is 11.0. The van der Waals surface area contributed by atoms with E-state index in [0.29, 0.717) is 22.2 Å². The van der Waals surface area contributed by atoms with E-state index < -0.39 is 21.2 Å². The van der Waals surface area contributed by atoms with Crippen LogP contribution in [0.1, 0.15) is 15.9 Å². The van der Waals surface area contributed by atoms with Gasteiger partial charge in [0, 0.05) is 28.6 Å². The Morgan fingerprint density at radius 3 is 2.30 bits per heavy atom. The lowest BCUT2D eigenvalue weighted by molar-refractivity contribution is -0.385. The molecular weight excluding hydrogens is 482 g/mol. The van der Waals surface area contributed by atoms with Gasteiger partial charge in [-0.3, -0.25) is 29.8 Å². The molecule has 1 N–H and O–H groups in total. The Kier molecular flexibility index (Phi) is 5.94. The highest BCUT2D eigenvalue weighted by atomic mass is 16.6. The molecule has 0 saturated carbocycles. The molecule has 5 rings (SSSR count). The number of carbonyl (C=O) groups excluding carboxylic acids is 1. The fourth-order valence-electron chi connectivity index (χ4n) is 4.17. The van der Waals surface area contributed by atoms with Gasteiger partial charge in [-0.1, -0.05) is 30.3 Å². The molecule has 0 radical (unpaired) electrons. The van der Waals surface area contributed by atoms with Crippen molar-refractivity contribution in [3.05, 3.63) is 108 Å². The molecule has 11 heteroatoms. The number of hydrogen-bond donors (Lipinski definition) is 1. The van der Waals surface area contributed by atoms with Gasteiger partial charge in [-0.25, -0.2) is 0 Å². The zero-order chi connectivity index (χ0) is 26.1. The Bertz CT molecular complexity index is 1680. The highest BCUT2D eigenvalue weighted by Gasteiger charge is 2.23. The molecule has 4 aromatic rings. The first-order chi connectivity index (χ1) is 17.8. The molecule has 0 fully saturated rings. The quantitative estimate of drug-likeness (QED) is 0.174. The van der Waals surface area contributed by atoms with E-state index >= 15 is 0 Å². The number of ether oxygens (including phenoxy) is 2. The number of carbonyl (C=O) groups is 1. The van der Waals surface area contributed by atoms with Gasteiger partial charge in [0.15, 0.2) is 17.3 Å². The largest absolute Gasteiger partial charge is 0.486 e. The fraction of sp³-hybridized carbons (Fsp3) is 0.0769. The van der Waals surface area contributed by atoms with Crippen molar-refractivity contribution in [1.82, 2.24) is 4.98 Å². The Morgan fingerprint density at radius 2 is 1.62 bits per heavy atom. The van der Waals surface area contributed by atoms with Crippen molar-refractivity contribution in [2.45, 2.75) is 0 Å². The fourth-order valence-corrected chi connectivity index (χ4v) is 4.17. The summed E-state index contributed by atoms with van der Waals surface area (Å²) in [4.78, 5) is 50.9. The van der Waals surface area contributed by atoms with Crippen LogP contribution >= 0.6 is 0 Å². The van der Waals surface area contributed by atoms with E-state index in [0.717, 1.165) is 6.08 Å². The number of non-ortho nitro benzene ring substituents is 1. The number of nitro groups is 2. The molecule has 3 aromatic carbocycles. The standard InChI is InChI=1S/C26H17N3O8/c30-21(9-6-16-12-22-23(37-11-10-36-22)14-20(16)29(34)35)25-24(15-4-2-1-3-5-15)18-13-17(28(32)33)7-8-19(18)27-26(25)31/h1-9,12-14H,10-11H2,(H,27,31). The molecule has 0 bridgehead atoms. The van der Waals surface area contributed by atoms with E-state index in [4.69, 9.17) is 9.47 Å². The van der Waals surface area contributed by atoms with Gasteiger partial charge in [0.25, 0.3) is 16.9 Å². The van der Waals surface area contributed by atoms with Crippen molar-refractivity contribution >= 4 is 34.1 Å². The maximum absolute atomic E-state index is 13.4. The molecule has 0 saturated heterocycles. The van der Waals surface area contributed by atoms with Gasteiger partial charge in [0.05, 0.1) is 27.0 Å². The summed E-state index contributed by atoms with van der Waals surface area (Å²) in [6.07, 6.45) is 2.28. The topological polar surface area (TPSA) is 155 Å². The summed E-state index contributed by atoms with van der Waals surface area (Å²) in [6.45, 7) is 0.523. The lowest BCUT2D eigenvalue weighted by Gasteiger charge is -2.18. The van der Waals surface area contributed by atoms with E-state index in [1.165, 1.54) is 36.4 Å². The zero-order valence-corrected chi connectivity index (χ0v) is 19.0. The Morgan fingerprint density at radius 1 is 0.919 bits per heavy atom. The van der Waals surface area contributed by atoms with Gasteiger partial charge in [0.2, 0.25) is 0 Å². The number of allylic oxidation sites excluding steroid dienone is 1. The molecule has 0 aliphatic carbocycles. The van der Waals surface area contributed by atoms with Crippen LogP contribution in [0.4, 0.5) is 11.4 Å². The summed E-state index contributed by atoms with van der Waals surface area (Å²) in [7, 11) is 0. The monoisotopic (exact) mass is 499 g/mol. The molecule has 37 heavy (non-hydrogen) atoms. The van der Waals surface area contributed by atoms with Crippen LogP contribution in [-0.2, 0) is 0 Å². The van der Waals surface area contributed by atoms with Gasteiger partial charge in [-0.05, 0) is 29.8 Å². The summed E-state index contributed by atoms with van der Waals surface area (Å²) >= 11 is 0. The third-order valence-electron chi connectivity index (χ3n) is 5.82. The number of rotatable bonds is 6. The molecule has 0 spiro atoms. The lowest BCUT2D eigenvalue weighted by Crippen LogP contribution is -2.18. The van der Waals surface area contributed by atoms with Crippen molar-refractivity contribution < 1.29 is 24.1 Å². The van der Waals surface area contributed by atoms with Gasteiger partial charge >= 0.3 is 0 Å². The number of nitrogens with zero attached hydrogens (tertiary/aromatic N) is 2. The predicted molar refractivity (Wildman–Crippen MR) is 134 cm³/mol. The molecule has 1 aliphatic heterocycles. The average Bonchev–Trinajstić information content (AvgIpc) is 2.90. The van der Waals surface area contributed by atoms with Crippen LogP contribution < -0.4 is 15.0 Å². The number of fused-ring (bicyclic) bond motifs is 2. The Labute approximate surface area is 207 Å². The number of aromatic amines is 1. The average molecular weight is 499 g/mol. The predicted octanol–water partition coefficient (Wildman–Crippen LogP) is 4.68. The number of nitro benzene ring substituents is 2. The number of nitrogens with one attached hydrogen (secondary N) is 1. The third kappa shape index (κ3) is 4.41. The van der Waals surface area contributed by atoms with E-state index in [-0.39, 0.29) is 47.0 Å². The molecule has 1 aromatic heterocycles. The van der Waals surface area contributed by atoms with Crippen LogP contribution in [-0.4, -0.2) is 33.8 Å². The Hall–Kier alpha value is -5.32. The molecular formula is C26H17N3O8. The normalized spacial score (nSPS) is 12.5. The summed E-state index contributed by atoms with van der Waals surface area (Å²) in [5, 5.41) is 23.3. The van der Waals surface area contributed by atoms with E-state index in [2.05, 4.69) is 4.98 Å². The number of pyridine rings is 1. The smallest absolute Gasteiger partial charge is 0.280 e. The molecule has 0 amide bonds. The highest BCUT2D eigenvalue weighted by Crippen LogP contribution is 2.37. The second kappa shape index (κ2) is 9.38. The van der Waals surface area contributed by atoms with Crippen LogP contribution in [0.5, 0.6) is 11.5 Å². The molecule has 0 atom stereocenters. The van der Waals surface area contributed by atoms with E-state index in [1.54, 1.807) is 30.3 Å². The van der Waals surface area contributed by atoms with Crippen molar-refractivity contribution in [1.29, 1.82) is 0 Å². The summed E-state index contributed by atoms with van der Waals surface area (Å²) < 4.78 is 10.9. The first kappa shape index (κ1) is 23.4.